The highest BCUT2D eigenvalue weighted by Gasteiger charge is 2.12. The zero-order valence-corrected chi connectivity index (χ0v) is 13.8. The highest BCUT2D eigenvalue weighted by atomic mass is 32.1. The molecule has 0 aliphatic heterocycles. The predicted molar refractivity (Wildman–Crippen MR) is 93.7 cm³/mol. The molecule has 1 amide bonds. The smallest absolute Gasteiger partial charge is 0.261 e. The Morgan fingerprint density at radius 3 is 2.57 bits per heavy atom. The van der Waals surface area contributed by atoms with E-state index in [0.717, 1.165) is 16.0 Å². The van der Waals surface area contributed by atoms with Crippen molar-refractivity contribution in [1.82, 2.24) is 5.32 Å². The van der Waals surface area contributed by atoms with Crippen LogP contribution in [0.4, 0.5) is 10.1 Å². The molecule has 0 saturated heterocycles. The standard InChI is InChI=1S/C18H17FN2OS/c1-21(2)13-8-6-12(7-9-13)11-20-18(22)17-10-14-15(19)4-3-5-16(14)23-17/h3-10H,11H2,1-2H3,(H,20,22). The number of halogens is 1. The minimum Gasteiger partial charge on any atom is -0.378 e. The minimum absolute atomic E-state index is 0.178. The van der Waals surface area contributed by atoms with Gasteiger partial charge in [-0.25, -0.2) is 4.39 Å². The topological polar surface area (TPSA) is 32.3 Å². The van der Waals surface area contributed by atoms with Gasteiger partial charge < -0.3 is 10.2 Å². The predicted octanol–water partition coefficient (Wildman–Crippen LogP) is 4.04. The molecule has 0 aliphatic carbocycles. The molecule has 2 aromatic carbocycles. The van der Waals surface area contributed by atoms with Crippen molar-refractivity contribution >= 4 is 33.0 Å². The van der Waals surface area contributed by atoms with Gasteiger partial charge in [0.1, 0.15) is 5.82 Å². The van der Waals surface area contributed by atoms with Crippen LogP contribution in [0, 0.1) is 5.82 Å². The van der Waals surface area contributed by atoms with Gasteiger partial charge in [-0.1, -0.05) is 18.2 Å². The van der Waals surface area contributed by atoms with Gasteiger partial charge in [-0.3, -0.25) is 4.79 Å². The van der Waals surface area contributed by atoms with E-state index < -0.39 is 0 Å². The van der Waals surface area contributed by atoms with E-state index in [2.05, 4.69) is 5.32 Å². The molecule has 0 bridgehead atoms. The van der Waals surface area contributed by atoms with Gasteiger partial charge >= 0.3 is 0 Å². The van der Waals surface area contributed by atoms with Crippen molar-refractivity contribution in [3.63, 3.8) is 0 Å². The first kappa shape index (κ1) is 15.5. The van der Waals surface area contributed by atoms with E-state index in [1.165, 1.54) is 17.4 Å². The van der Waals surface area contributed by atoms with Crippen LogP contribution >= 0.6 is 11.3 Å². The number of hydrogen-bond acceptors (Lipinski definition) is 3. The van der Waals surface area contributed by atoms with Crippen LogP contribution in [-0.2, 0) is 6.54 Å². The molecule has 0 aliphatic rings. The third-order valence-electron chi connectivity index (χ3n) is 3.64. The van der Waals surface area contributed by atoms with E-state index >= 15 is 0 Å². The summed E-state index contributed by atoms with van der Waals surface area (Å²) < 4.78 is 14.5. The van der Waals surface area contributed by atoms with E-state index in [0.29, 0.717) is 16.8 Å². The average molecular weight is 328 g/mol. The summed E-state index contributed by atoms with van der Waals surface area (Å²) in [5.41, 5.74) is 2.14. The van der Waals surface area contributed by atoms with Crippen molar-refractivity contribution in [2.24, 2.45) is 0 Å². The number of thiophene rings is 1. The summed E-state index contributed by atoms with van der Waals surface area (Å²) in [6.07, 6.45) is 0. The molecule has 0 radical (unpaired) electrons. The summed E-state index contributed by atoms with van der Waals surface area (Å²) in [6.45, 7) is 0.448. The summed E-state index contributed by atoms with van der Waals surface area (Å²) in [4.78, 5) is 14.8. The quantitative estimate of drug-likeness (QED) is 0.784. The monoisotopic (exact) mass is 328 g/mol. The molecule has 0 fully saturated rings. The molecule has 3 nitrogen and oxygen atoms in total. The normalized spacial score (nSPS) is 10.7. The molecule has 1 N–H and O–H groups in total. The number of rotatable bonds is 4. The Bertz CT molecular complexity index is 840. The summed E-state index contributed by atoms with van der Waals surface area (Å²) in [5.74, 6) is -0.473. The number of nitrogens with zero attached hydrogens (tertiary/aromatic N) is 1. The number of anilines is 1. The maximum absolute atomic E-state index is 13.7. The van der Waals surface area contributed by atoms with Crippen molar-refractivity contribution in [1.29, 1.82) is 0 Å². The lowest BCUT2D eigenvalue weighted by atomic mass is 10.2. The first-order chi connectivity index (χ1) is 11.0. The SMILES string of the molecule is CN(C)c1ccc(CNC(=O)c2cc3c(F)cccc3s2)cc1. The van der Waals surface area contributed by atoms with E-state index in [1.807, 2.05) is 49.3 Å². The number of fused-ring (bicyclic) bond motifs is 1. The second-order valence-electron chi connectivity index (χ2n) is 5.51. The maximum Gasteiger partial charge on any atom is 0.261 e. The van der Waals surface area contributed by atoms with E-state index in [-0.39, 0.29) is 11.7 Å². The van der Waals surface area contributed by atoms with E-state index in [4.69, 9.17) is 0 Å². The zero-order chi connectivity index (χ0) is 16.4. The minimum atomic E-state index is -0.294. The van der Waals surface area contributed by atoms with Crippen LogP contribution in [0.2, 0.25) is 0 Å². The van der Waals surface area contributed by atoms with Crippen LogP contribution in [0.5, 0.6) is 0 Å². The van der Waals surface area contributed by atoms with Crippen molar-refractivity contribution < 1.29 is 9.18 Å². The zero-order valence-electron chi connectivity index (χ0n) is 13.0. The van der Waals surface area contributed by atoms with Crippen LogP contribution in [-0.4, -0.2) is 20.0 Å². The molecular weight excluding hydrogens is 311 g/mol. The maximum atomic E-state index is 13.7. The van der Waals surface area contributed by atoms with Gasteiger partial charge in [-0.05, 0) is 35.9 Å². The van der Waals surface area contributed by atoms with Crippen LogP contribution in [0.1, 0.15) is 15.2 Å². The average Bonchev–Trinajstić information content (AvgIpc) is 2.99. The number of amides is 1. The Morgan fingerprint density at radius 1 is 1.17 bits per heavy atom. The molecule has 0 unspecified atom stereocenters. The van der Waals surface area contributed by atoms with Gasteiger partial charge in [0.2, 0.25) is 0 Å². The van der Waals surface area contributed by atoms with Gasteiger partial charge in [-0.15, -0.1) is 11.3 Å². The molecule has 3 aromatic rings. The van der Waals surface area contributed by atoms with Gasteiger partial charge in [0.05, 0.1) is 4.88 Å². The molecule has 3 rings (SSSR count). The van der Waals surface area contributed by atoms with Gasteiger partial charge in [0, 0.05) is 36.4 Å². The van der Waals surface area contributed by atoms with E-state index in [1.54, 1.807) is 12.1 Å². The molecule has 5 heteroatoms. The molecule has 0 atom stereocenters. The highest BCUT2D eigenvalue weighted by molar-refractivity contribution is 7.20. The molecule has 1 heterocycles. The molecule has 0 spiro atoms. The lowest BCUT2D eigenvalue weighted by Gasteiger charge is -2.12. The number of nitrogens with one attached hydrogen (secondary N) is 1. The van der Waals surface area contributed by atoms with Gasteiger partial charge in [0.15, 0.2) is 0 Å². The summed E-state index contributed by atoms with van der Waals surface area (Å²) in [5, 5.41) is 3.38. The van der Waals surface area contributed by atoms with Crippen LogP contribution < -0.4 is 10.2 Å². The number of carbonyl (C=O) groups excluding carboxylic acids is 1. The molecular formula is C18H17FN2OS. The van der Waals surface area contributed by atoms with Crippen LogP contribution in [0.25, 0.3) is 10.1 Å². The number of benzene rings is 2. The third-order valence-corrected chi connectivity index (χ3v) is 4.74. The fraction of sp³-hybridized carbons (Fsp3) is 0.167. The third kappa shape index (κ3) is 3.35. The largest absolute Gasteiger partial charge is 0.378 e. The summed E-state index contributed by atoms with van der Waals surface area (Å²) in [7, 11) is 3.97. The molecule has 23 heavy (non-hydrogen) atoms. The number of hydrogen-bond donors (Lipinski definition) is 1. The van der Waals surface area contributed by atoms with Crippen molar-refractivity contribution in [3.8, 4) is 0 Å². The summed E-state index contributed by atoms with van der Waals surface area (Å²) >= 11 is 1.30. The Kier molecular flexibility index (Phi) is 4.30. The van der Waals surface area contributed by atoms with Crippen molar-refractivity contribution in [3.05, 3.63) is 64.8 Å². The Labute approximate surface area is 138 Å². The van der Waals surface area contributed by atoms with Crippen LogP contribution in [0.15, 0.2) is 48.5 Å². The number of carbonyl (C=O) groups is 1. The molecule has 1 aromatic heterocycles. The lowest BCUT2D eigenvalue weighted by molar-refractivity contribution is 0.0955. The first-order valence-corrected chi connectivity index (χ1v) is 8.09. The lowest BCUT2D eigenvalue weighted by Crippen LogP contribution is -2.21. The summed E-state index contributed by atoms with van der Waals surface area (Å²) in [6, 6.07) is 14.5. The first-order valence-electron chi connectivity index (χ1n) is 7.27. The second kappa shape index (κ2) is 6.38. The fourth-order valence-corrected chi connectivity index (χ4v) is 3.31. The van der Waals surface area contributed by atoms with Gasteiger partial charge in [0.25, 0.3) is 5.91 Å². The van der Waals surface area contributed by atoms with Crippen molar-refractivity contribution in [2.75, 3.05) is 19.0 Å². The van der Waals surface area contributed by atoms with Crippen molar-refractivity contribution in [2.45, 2.75) is 6.54 Å². The molecule has 118 valence electrons. The fourth-order valence-electron chi connectivity index (χ4n) is 2.32. The van der Waals surface area contributed by atoms with E-state index in [9.17, 15) is 9.18 Å². The van der Waals surface area contributed by atoms with Gasteiger partial charge in [-0.2, -0.15) is 0 Å². The Hall–Kier alpha value is -2.40. The Morgan fingerprint density at radius 2 is 1.91 bits per heavy atom. The second-order valence-corrected chi connectivity index (χ2v) is 6.59. The highest BCUT2D eigenvalue weighted by Crippen LogP contribution is 2.27. The molecule has 0 saturated carbocycles. The van der Waals surface area contributed by atoms with Crippen LogP contribution in [0.3, 0.4) is 0 Å². The Balaban J connectivity index is 1.69.